The number of methoxy groups -OCH3 is 1. The molecule has 9 heteroatoms. The third kappa shape index (κ3) is 7.02. The molecule has 0 aliphatic carbocycles. The molecule has 8 nitrogen and oxygen atoms in total. The van der Waals surface area contributed by atoms with Gasteiger partial charge in [0, 0.05) is 19.9 Å². The fourth-order valence-electron chi connectivity index (χ4n) is 2.01. The summed E-state index contributed by atoms with van der Waals surface area (Å²) in [7, 11) is 1.46. The number of alkyl halides is 1. The van der Waals surface area contributed by atoms with Crippen molar-refractivity contribution in [1.82, 2.24) is 5.32 Å². The average molecular weight is 368 g/mol. The minimum atomic E-state index is -1.93. The highest BCUT2D eigenvalue weighted by atomic mass is 35.5. The monoisotopic (exact) mass is 367 g/mol. The Morgan fingerprint density at radius 2 is 1.67 bits per heavy atom. The molecule has 140 valence electrons. The van der Waals surface area contributed by atoms with E-state index in [1.54, 1.807) is 13.8 Å². The lowest BCUT2D eigenvalue weighted by atomic mass is 9.91. The molecule has 0 aromatic rings. The Balaban J connectivity index is 5.41. The van der Waals surface area contributed by atoms with E-state index in [0.717, 1.165) is 0 Å². The highest BCUT2D eigenvalue weighted by Gasteiger charge is 2.50. The molecule has 1 amide bonds. The fraction of sp³-hybridized carbons (Fsp3) is 0.800. The molecule has 0 heterocycles. The third-order valence-corrected chi connectivity index (χ3v) is 3.42. The van der Waals surface area contributed by atoms with Crippen molar-refractivity contribution in [2.24, 2.45) is 0 Å². The van der Waals surface area contributed by atoms with Gasteiger partial charge in [0.25, 0.3) is 0 Å². The standard InChI is InChI=1S/C15H26ClNO7/c1-5-22-13(19)15(17-11(3)18,14(20)23-6-2)8-7-12(9-16)24-10-21-4/h12H,5-10H2,1-4H3,(H,17,18)/t12-/m0/s1. The van der Waals surface area contributed by atoms with E-state index < -0.39 is 29.5 Å². The quantitative estimate of drug-likeness (QED) is 0.237. The molecule has 0 aromatic heterocycles. The van der Waals surface area contributed by atoms with Crippen LogP contribution < -0.4 is 5.32 Å². The van der Waals surface area contributed by atoms with E-state index in [1.165, 1.54) is 14.0 Å². The zero-order chi connectivity index (χ0) is 18.6. The van der Waals surface area contributed by atoms with Crippen molar-refractivity contribution >= 4 is 29.4 Å². The number of rotatable bonds is 12. The number of carbonyl (C=O) groups is 3. The third-order valence-electron chi connectivity index (χ3n) is 3.07. The van der Waals surface area contributed by atoms with Crippen LogP contribution in [0.4, 0.5) is 0 Å². The maximum absolute atomic E-state index is 12.4. The van der Waals surface area contributed by atoms with Crippen LogP contribution >= 0.6 is 11.6 Å². The molecule has 0 aliphatic heterocycles. The number of esters is 2. The smallest absolute Gasteiger partial charge is 0.343 e. The van der Waals surface area contributed by atoms with Crippen molar-refractivity contribution in [3.05, 3.63) is 0 Å². The predicted octanol–water partition coefficient (Wildman–Crippen LogP) is 0.996. The lowest BCUT2D eigenvalue weighted by Gasteiger charge is -2.30. The molecule has 0 saturated heterocycles. The number of hydrogen-bond donors (Lipinski definition) is 1. The van der Waals surface area contributed by atoms with Gasteiger partial charge < -0.3 is 24.3 Å². The molecule has 0 rings (SSSR count). The highest BCUT2D eigenvalue weighted by molar-refractivity contribution is 6.18. The summed E-state index contributed by atoms with van der Waals surface area (Å²) >= 11 is 5.82. The predicted molar refractivity (Wildman–Crippen MR) is 86.5 cm³/mol. The summed E-state index contributed by atoms with van der Waals surface area (Å²) in [6, 6.07) is 0. The minimum absolute atomic E-state index is 0.0172. The number of nitrogens with one attached hydrogen (secondary N) is 1. The summed E-state index contributed by atoms with van der Waals surface area (Å²) in [6.07, 6.45) is -0.334. The Kier molecular flexibility index (Phi) is 11.4. The Hall–Kier alpha value is -1.38. The molecule has 0 bridgehead atoms. The van der Waals surface area contributed by atoms with Gasteiger partial charge in [0.05, 0.1) is 19.3 Å². The zero-order valence-electron chi connectivity index (χ0n) is 14.6. The molecule has 0 saturated carbocycles. The van der Waals surface area contributed by atoms with Crippen LogP contribution in [0.25, 0.3) is 0 Å². The normalized spacial score (nSPS) is 12.4. The summed E-state index contributed by atoms with van der Waals surface area (Å²) < 4.78 is 20.1. The minimum Gasteiger partial charge on any atom is -0.464 e. The van der Waals surface area contributed by atoms with Gasteiger partial charge in [-0.1, -0.05) is 0 Å². The Morgan fingerprint density at radius 1 is 1.12 bits per heavy atom. The van der Waals surface area contributed by atoms with Gasteiger partial charge in [0.2, 0.25) is 11.4 Å². The summed E-state index contributed by atoms with van der Waals surface area (Å²) in [5.41, 5.74) is -1.93. The summed E-state index contributed by atoms with van der Waals surface area (Å²) in [5, 5.41) is 2.38. The fourth-order valence-corrected chi connectivity index (χ4v) is 2.25. The van der Waals surface area contributed by atoms with Gasteiger partial charge in [0.15, 0.2) is 0 Å². The lowest BCUT2D eigenvalue weighted by Crippen LogP contribution is -2.61. The van der Waals surface area contributed by atoms with E-state index in [9.17, 15) is 14.4 Å². The molecule has 24 heavy (non-hydrogen) atoms. The second-order valence-corrected chi connectivity index (χ2v) is 5.22. The number of carbonyl (C=O) groups excluding carboxylic acids is 3. The Labute approximate surface area is 147 Å². The number of amides is 1. The van der Waals surface area contributed by atoms with Crippen LogP contribution in [0.3, 0.4) is 0 Å². The van der Waals surface area contributed by atoms with Crippen LogP contribution in [0, 0.1) is 0 Å². The Morgan fingerprint density at radius 3 is 2.04 bits per heavy atom. The summed E-state index contributed by atoms with van der Waals surface area (Å²) in [4.78, 5) is 36.4. The van der Waals surface area contributed by atoms with Gasteiger partial charge in [-0.25, -0.2) is 9.59 Å². The van der Waals surface area contributed by atoms with Crippen LogP contribution in [0.2, 0.25) is 0 Å². The van der Waals surface area contributed by atoms with Crippen molar-refractivity contribution < 1.29 is 33.3 Å². The van der Waals surface area contributed by atoms with Crippen LogP contribution in [0.5, 0.6) is 0 Å². The first-order valence-electron chi connectivity index (χ1n) is 7.67. The first kappa shape index (κ1) is 22.6. The molecule has 0 aromatic carbocycles. The van der Waals surface area contributed by atoms with E-state index in [0.29, 0.717) is 0 Å². The van der Waals surface area contributed by atoms with Crippen LogP contribution in [0.15, 0.2) is 0 Å². The van der Waals surface area contributed by atoms with Gasteiger partial charge >= 0.3 is 11.9 Å². The second-order valence-electron chi connectivity index (χ2n) is 4.92. The van der Waals surface area contributed by atoms with Gasteiger partial charge in [-0.3, -0.25) is 4.79 Å². The summed E-state index contributed by atoms with van der Waals surface area (Å²) in [6.45, 7) is 4.53. The number of ether oxygens (including phenoxy) is 4. The lowest BCUT2D eigenvalue weighted by molar-refractivity contribution is -0.169. The van der Waals surface area contributed by atoms with Gasteiger partial charge in [-0.15, -0.1) is 11.6 Å². The van der Waals surface area contributed by atoms with Crippen molar-refractivity contribution in [2.75, 3.05) is 33.0 Å². The van der Waals surface area contributed by atoms with Crippen LogP contribution in [0.1, 0.15) is 33.6 Å². The molecule has 0 radical (unpaired) electrons. The van der Waals surface area contributed by atoms with Crippen molar-refractivity contribution in [3.63, 3.8) is 0 Å². The van der Waals surface area contributed by atoms with Crippen molar-refractivity contribution in [2.45, 2.75) is 45.3 Å². The maximum Gasteiger partial charge on any atom is 0.343 e. The molecular weight excluding hydrogens is 342 g/mol. The SMILES string of the molecule is CCOC(=O)C(CC[C@@H](CCl)OCOC)(NC(C)=O)C(=O)OCC. The second kappa shape index (κ2) is 12.0. The molecule has 1 N–H and O–H groups in total. The Bertz CT molecular complexity index is 399. The number of hydrogen-bond acceptors (Lipinski definition) is 7. The summed E-state index contributed by atoms with van der Waals surface area (Å²) in [5.74, 6) is -2.18. The zero-order valence-corrected chi connectivity index (χ0v) is 15.3. The van der Waals surface area contributed by atoms with E-state index in [1.807, 2.05) is 0 Å². The van der Waals surface area contributed by atoms with Gasteiger partial charge in [0.1, 0.15) is 6.79 Å². The van der Waals surface area contributed by atoms with E-state index >= 15 is 0 Å². The van der Waals surface area contributed by atoms with E-state index in [-0.39, 0.29) is 38.7 Å². The maximum atomic E-state index is 12.4. The first-order chi connectivity index (χ1) is 11.4. The van der Waals surface area contributed by atoms with Gasteiger partial charge in [-0.2, -0.15) is 0 Å². The van der Waals surface area contributed by atoms with Crippen LogP contribution in [-0.2, 0) is 33.3 Å². The highest BCUT2D eigenvalue weighted by Crippen LogP contribution is 2.21. The van der Waals surface area contributed by atoms with E-state index in [4.69, 9.17) is 30.5 Å². The number of halogens is 1. The van der Waals surface area contributed by atoms with Crippen molar-refractivity contribution in [1.29, 1.82) is 0 Å². The molecular formula is C15H26ClNO7. The first-order valence-corrected chi connectivity index (χ1v) is 8.21. The van der Waals surface area contributed by atoms with Crippen molar-refractivity contribution in [3.8, 4) is 0 Å². The topological polar surface area (TPSA) is 100 Å². The largest absolute Gasteiger partial charge is 0.464 e. The van der Waals surface area contributed by atoms with Gasteiger partial charge in [-0.05, 0) is 26.7 Å². The average Bonchev–Trinajstić information content (AvgIpc) is 2.53. The molecule has 0 unspecified atom stereocenters. The molecule has 0 fully saturated rings. The molecule has 0 aliphatic rings. The molecule has 0 spiro atoms. The molecule has 1 atom stereocenters. The van der Waals surface area contributed by atoms with Crippen LogP contribution in [-0.4, -0.2) is 62.5 Å². The van der Waals surface area contributed by atoms with E-state index in [2.05, 4.69) is 5.32 Å².